The lowest BCUT2D eigenvalue weighted by atomic mass is 9.98. The van der Waals surface area contributed by atoms with Crippen LogP contribution in [-0.2, 0) is 13.0 Å². The fraction of sp³-hybridized carbons (Fsp3) is 0.167. The van der Waals surface area contributed by atoms with Crippen molar-refractivity contribution in [2.24, 2.45) is 0 Å². The lowest BCUT2D eigenvalue weighted by Gasteiger charge is -2.29. The van der Waals surface area contributed by atoms with Gasteiger partial charge in [0.05, 0.1) is 0 Å². The third kappa shape index (κ3) is 4.46. The molecule has 0 saturated heterocycles. The standard InChI is InChI=1S/C24H23N3O2/c1-17-7-10-21(11-8-17)25-24(29)26-22-12-9-18-13-14-27(16-20(18)15-22)23(28)19-5-3-2-4-6-19/h2-12,15H,13-14,16H2,1H3,(H2,25,26,29). The van der Waals surface area contributed by atoms with E-state index in [-0.39, 0.29) is 11.9 Å². The van der Waals surface area contributed by atoms with E-state index in [1.807, 2.05) is 84.6 Å². The number of carbonyl (C=O) groups is 2. The van der Waals surface area contributed by atoms with E-state index in [4.69, 9.17) is 0 Å². The zero-order chi connectivity index (χ0) is 20.2. The number of hydrogen-bond donors (Lipinski definition) is 2. The van der Waals surface area contributed by atoms with E-state index in [9.17, 15) is 9.59 Å². The van der Waals surface area contributed by atoms with Crippen LogP contribution in [0.5, 0.6) is 0 Å². The van der Waals surface area contributed by atoms with Crippen molar-refractivity contribution in [2.45, 2.75) is 19.9 Å². The van der Waals surface area contributed by atoms with Crippen molar-refractivity contribution in [3.63, 3.8) is 0 Å². The Morgan fingerprint density at radius 1 is 0.828 bits per heavy atom. The Bertz CT molecular complexity index is 1030. The predicted molar refractivity (Wildman–Crippen MR) is 115 cm³/mol. The first kappa shape index (κ1) is 18.7. The van der Waals surface area contributed by atoms with Crippen LogP contribution >= 0.6 is 0 Å². The van der Waals surface area contributed by atoms with Crippen LogP contribution in [0.4, 0.5) is 16.2 Å². The van der Waals surface area contributed by atoms with Crippen LogP contribution in [0.25, 0.3) is 0 Å². The average Bonchev–Trinajstić information content (AvgIpc) is 2.75. The molecule has 1 aliphatic rings. The zero-order valence-electron chi connectivity index (χ0n) is 16.3. The molecule has 0 bridgehead atoms. The van der Waals surface area contributed by atoms with Crippen LogP contribution in [0.1, 0.15) is 27.0 Å². The van der Waals surface area contributed by atoms with Gasteiger partial charge in [0.1, 0.15) is 0 Å². The van der Waals surface area contributed by atoms with Crippen molar-refractivity contribution in [1.82, 2.24) is 4.90 Å². The Kier molecular flexibility index (Phi) is 5.29. The third-order valence-electron chi connectivity index (χ3n) is 5.09. The molecule has 2 N–H and O–H groups in total. The number of aryl methyl sites for hydroxylation is 1. The summed E-state index contributed by atoms with van der Waals surface area (Å²) in [6, 6.07) is 22.6. The van der Waals surface area contributed by atoms with Gasteiger partial charge in [0.25, 0.3) is 5.91 Å². The highest BCUT2D eigenvalue weighted by Crippen LogP contribution is 2.24. The number of fused-ring (bicyclic) bond motifs is 1. The van der Waals surface area contributed by atoms with Gasteiger partial charge >= 0.3 is 6.03 Å². The fourth-order valence-electron chi connectivity index (χ4n) is 3.50. The fourth-order valence-corrected chi connectivity index (χ4v) is 3.50. The number of carbonyl (C=O) groups excluding carboxylic acids is 2. The Hall–Kier alpha value is -3.60. The number of anilines is 2. The molecule has 0 fully saturated rings. The number of nitrogens with one attached hydrogen (secondary N) is 2. The summed E-state index contributed by atoms with van der Waals surface area (Å²) in [7, 11) is 0. The molecule has 0 spiro atoms. The monoisotopic (exact) mass is 385 g/mol. The molecule has 146 valence electrons. The Morgan fingerprint density at radius 2 is 1.52 bits per heavy atom. The maximum atomic E-state index is 12.7. The average molecular weight is 385 g/mol. The quantitative estimate of drug-likeness (QED) is 0.678. The normalized spacial score (nSPS) is 12.8. The van der Waals surface area contributed by atoms with E-state index >= 15 is 0 Å². The molecule has 3 aromatic rings. The maximum Gasteiger partial charge on any atom is 0.323 e. The number of urea groups is 1. The van der Waals surface area contributed by atoms with E-state index in [2.05, 4.69) is 10.6 Å². The molecule has 3 amide bonds. The van der Waals surface area contributed by atoms with Crippen LogP contribution < -0.4 is 10.6 Å². The Balaban J connectivity index is 1.43. The highest BCUT2D eigenvalue weighted by atomic mass is 16.2. The van der Waals surface area contributed by atoms with E-state index in [1.165, 1.54) is 5.56 Å². The van der Waals surface area contributed by atoms with Gasteiger partial charge in [-0.1, -0.05) is 42.0 Å². The maximum absolute atomic E-state index is 12.7. The summed E-state index contributed by atoms with van der Waals surface area (Å²) in [5, 5.41) is 5.71. The van der Waals surface area contributed by atoms with Crippen LogP contribution in [0.2, 0.25) is 0 Å². The van der Waals surface area contributed by atoms with E-state index < -0.39 is 0 Å². The minimum atomic E-state index is -0.290. The van der Waals surface area contributed by atoms with Crippen molar-refractivity contribution in [1.29, 1.82) is 0 Å². The van der Waals surface area contributed by atoms with Crippen molar-refractivity contribution >= 4 is 23.3 Å². The van der Waals surface area contributed by atoms with Crippen LogP contribution in [0.15, 0.2) is 72.8 Å². The predicted octanol–water partition coefficient (Wildman–Crippen LogP) is 4.84. The first-order valence-electron chi connectivity index (χ1n) is 9.69. The first-order valence-corrected chi connectivity index (χ1v) is 9.69. The van der Waals surface area contributed by atoms with Crippen molar-refractivity contribution in [2.75, 3.05) is 17.2 Å². The number of amides is 3. The molecule has 0 aromatic heterocycles. The number of nitrogens with zero attached hydrogens (tertiary/aromatic N) is 1. The van der Waals surface area contributed by atoms with Gasteiger partial charge in [0.15, 0.2) is 0 Å². The molecule has 3 aromatic carbocycles. The van der Waals surface area contributed by atoms with Gasteiger partial charge in [-0.25, -0.2) is 4.79 Å². The Labute approximate surface area is 170 Å². The summed E-state index contributed by atoms with van der Waals surface area (Å²) in [5.74, 6) is 0.0340. The van der Waals surface area contributed by atoms with Crippen molar-refractivity contribution in [3.8, 4) is 0 Å². The molecule has 5 heteroatoms. The van der Waals surface area contributed by atoms with Gasteiger partial charge in [-0.05, 0) is 60.9 Å². The van der Waals surface area contributed by atoms with Crippen LogP contribution in [0, 0.1) is 6.92 Å². The molecule has 0 saturated carbocycles. The summed E-state index contributed by atoms with van der Waals surface area (Å²) < 4.78 is 0. The lowest BCUT2D eigenvalue weighted by Crippen LogP contribution is -2.36. The highest BCUT2D eigenvalue weighted by Gasteiger charge is 2.22. The molecule has 1 aliphatic heterocycles. The SMILES string of the molecule is Cc1ccc(NC(=O)Nc2ccc3c(c2)CN(C(=O)c2ccccc2)CC3)cc1. The van der Waals surface area contributed by atoms with Gasteiger partial charge in [-0.2, -0.15) is 0 Å². The molecule has 0 radical (unpaired) electrons. The molecule has 0 unspecified atom stereocenters. The summed E-state index contributed by atoms with van der Waals surface area (Å²) in [5.41, 5.74) is 5.57. The Morgan fingerprint density at radius 3 is 2.28 bits per heavy atom. The molecule has 5 nitrogen and oxygen atoms in total. The third-order valence-corrected chi connectivity index (χ3v) is 5.09. The van der Waals surface area contributed by atoms with Crippen molar-refractivity contribution in [3.05, 3.63) is 95.1 Å². The summed E-state index contributed by atoms with van der Waals surface area (Å²) >= 11 is 0. The second-order valence-electron chi connectivity index (χ2n) is 7.27. The number of hydrogen-bond acceptors (Lipinski definition) is 2. The van der Waals surface area contributed by atoms with Crippen LogP contribution in [0.3, 0.4) is 0 Å². The second kappa shape index (κ2) is 8.19. The lowest BCUT2D eigenvalue weighted by molar-refractivity contribution is 0.0734. The van der Waals surface area contributed by atoms with Gasteiger partial charge in [0.2, 0.25) is 0 Å². The summed E-state index contributed by atoms with van der Waals surface area (Å²) in [6.07, 6.45) is 0.809. The molecule has 0 aliphatic carbocycles. The van der Waals surface area contributed by atoms with E-state index in [1.54, 1.807) is 0 Å². The molecular weight excluding hydrogens is 362 g/mol. The molecule has 0 atom stereocenters. The van der Waals surface area contributed by atoms with Gasteiger partial charge in [-0.15, -0.1) is 0 Å². The molecule has 1 heterocycles. The van der Waals surface area contributed by atoms with Crippen molar-refractivity contribution < 1.29 is 9.59 Å². The molecular formula is C24H23N3O2. The van der Waals surface area contributed by atoms with Crippen LogP contribution in [-0.4, -0.2) is 23.4 Å². The van der Waals surface area contributed by atoms with E-state index in [0.717, 1.165) is 23.2 Å². The number of rotatable bonds is 3. The summed E-state index contributed by atoms with van der Waals surface area (Å²) in [6.45, 7) is 3.24. The topological polar surface area (TPSA) is 61.4 Å². The van der Waals surface area contributed by atoms with Gasteiger partial charge in [0, 0.05) is 30.0 Å². The highest BCUT2D eigenvalue weighted by molar-refractivity contribution is 6.00. The number of benzene rings is 3. The summed E-state index contributed by atoms with van der Waals surface area (Å²) in [4.78, 5) is 26.9. The first-order chi connectivity index (χ1) is 14.1. The molecule has 4 rings (SSSR count). The minimum absolute atomic E-state index is 0.0340. The van der Waals surface area contributed by atoms with E-state index in [0.29, 0.717) is 24.3 Å². The second-order valence-corrected chi connectivity index (χ2v) is 7.27. The minimum Gasteiger partial charge on any atom is -0.334 e. The smallest absolute Gasteiger partial charge is 0.323 e. The van der Waals surface area contributed by atoms with Gasteiger partial charge < -0.3 is 15.5 Å². The zero-order valence-corrected chi connectivity index (χ0v) is 16.3. The molecule has 29 heavy (non-hydrogen) atoms. The van der Waals surface area contributed by atoms with Gasteiger partial charge in [-0.3, -0.25) is 4.79 Å². The largest absolute Gasteiger partial charge is 0.334 e.